The molecule has 1 aliphatic heterocycles. The molecule has 0 aromatic carbocycles. The number of aromatic nitrogens is 1. The Balaban J connectivity index is 1.82. The number of piperazine rings is 1. The van der Waals surface area contributed by atoms with Gasteiger partial charge >= 0.3 is 0 Å². The summed E-state index contributed by atoms with van der Waals surface area (Å²) in [5.41, 5.74) is 0.955. The maximum absolute atomic E-state index is 11.7. The molecule has 1 saturated heterocycles. The Hall–Kier alpha value is -2.09. The van der Waals surface area contributed by atoms with Crippen LogP contribution in [0, 0.1) is 0 Å². The van der Waals surface area contributed by atoms with E-state index in [1.54, 1.807) is 6.26 Å². The molecule has 1 amide bonds. The summed E-state index contributed by atoms with van der Waals surface area (Å²) in [6, 6.07) is 1.90. The van der Waals surface area contributed by atoms with Crippen molar-refractivity contribution < 1.29 is 9.32 Å². The molecule has 0 atom stereocenters. The van der Waals surface area contributed by atoms with E-state index in [0.29, 0.717) is 6.54 Å². The van der Waals surface area contributed by atoms with E-state index < -0.39 is 0 Å². The summed E-state index contributed by atoms with van der Waals surface area (Å²) in [5.74, 6) is 0.780. The van der Waals surface area contributed by atoms with Gasteiger partial charge in [0.2, 0.25) is 5.91 Å². The minimum absolute atomic E-state index is 0.0306. The molecule has 0 unspecified atom stereocenters. The summed E-state index contributed by atoms with van der Waals surface area (Å²) in [6.45, 7) is 10.1. The van der Waals surface area contributed by atoms with Crippen molar-refractivity contribution in [3.63, 3.8) is 0 Å². The number of guanidine groups is 1. The van der Waals surface area contributed by atoms with Crippen LogP contribution >= 0.6 is 0 Å². The molecule has 2 N–H and O–H groups in total. The van der Waals surface area contributed by atoms with Crippen LogP contribution < -0.4 is 10.6 Å². The molecule has 2 heterocycles. The van der Waals surface area contributed by atoms with Crippen LogP contribution in [0.1, 0.15) is 26.0 Å². The highest BCUT2D eigenvalue weighted by Gasteiger charge is 2.20. The number of carbonyl (C=O) groups excluding carboxylic acids is 1. The Morgan fingerprint density at radius 3 is 2.71 bits per heavy atom. The van der Waals surface area contributed by atoms with Gasteiger partial charge in [0.05, 0.1) is 5.69 Å². The van der Waals surface area contributed by atoms with E-state index in [9.17, 15) is 4.79 Å². The smallest absolute Gasteiger partial charge is 0.241 e. The number of carbonyl (C=O) groups is 1. The number of aliphatic imine (C=N–C) groups is 1. The molecular formula is C16H28N6O2. The molecule has 0 aliphatic carbocycles. The van der Waals surface area contributed by atoms with E-state index in [1.807, 2.05) is 19.9 Å². The van der Waals surface area contributed by atoms with E-state index in [-0.39, 0.29) is 12.5 Å². The van der Waals surface area contributed by atoms with Crippen LogP contribution in [-0.4, -0.2) is 72.6 Å². The van der Waals surface area contributed by atoms with Crippen LogP contribution in [0.15, 0.2) is 21.8 Å². The van der Waals surface area contributed by atoms with Crippen molar-refractivity contribution in [3.05, 3.63) is 18.0 Å². The molecule has 8 nitrogen and oxygen atoms in total. The Morgan fingerprint density at radius 1 is 1.29 bits per heavy atom. The minimum atomic E-state index is -0.0306. The van der Waals surface area contributed by atoms with Crippen molar-refractivity contribution in [2.45, 2.75) is 26.8 Å². The highest BCUT2D eigenvalue weighted by molar-refractivity contribution is 5.85. The summed E-state index contributed by atoms with van der Waals surface area (Å²) >= 11 is 0. The predicted molar refractivity (Wildman–Crippen MR) is 92.6 cm³/mol. The third-order valence-electron chi connectivity index (χ3n) is 3.83. The molecule has 1 aromatic heterocycles. The summed E-state index contributed by atoms with van der Waals surface area (Å²) in [5, 5.41) is 10.1. The zero-order valence-electron chi connectivity index (χ0n) is 14.6. The van der Waals surface area contributed by atoms with E-state index in [1.165, 1.54) is 0 Å². The molecular weight excluding hydrogens is 308 g/mol. The summed E-state index contributed by atoms with van der Waals surface area (Å²) in [6.07, 6.45) is 2.54. The Kier molecular flexibility index (Phi) is 7.54. The average molecular weight is 336 g/mol. The Bertz CT molecular complexity index is 509. The standard InChI is InChI=1S/C16H28N6O2/c1-3-6-18-15(23)12-19-16(17-4-2)22-9-7-21(8-10-22)13-14-5-11-24-20-14/h5,11H,3-4,6-10,12-13H2,1-2H3,(H,17,19)(H,18,23). The lowest BCUT2D eigenvalue weighted by atomic mass is 10.3. The van der Waals surface area contributed by atoms with Crippen LogP contribution in [0.4, 0.5) is 0 Å². The molecule has 24 heavy (non-hydrogen) atoms. The van der Waals surface area contributed by atoms with Crippen molar-refractivity contribution >= 4 is 11.9 Å². The van der Waals surface area contributed by atoms with Gasteiger partial charge in [-0.2, -0.15) is 0 Å². The highest BCUT2D eigenvalue weighted by Crippen LogP contribution is 2.07. The lowest BCUT2D eigenvalue weighted by molar-refractivity contribution is -0.119. The van der Waals surface area contributed by atoms with Gasteiger partial charge in [-0.25, -0.2) is 4.99 Å². The predicted octanol–water partition coefficient (Wildman–Crippen LogP) is 0.284. The zero-order chi connectivity index (χ0) is 17.2. The van der Waals surface area contributed by atoms with E-state index in [4.69, 9.17) is 4.52 Å². The molecule has 0 spiro atoms. The van der Waals surface area contributed by atoms with Gasteiger partial charge in [0.15, 0.2) is 5.96 Å². The molecule has 0 saturated carbocycles. The summed E-state index contributed by atoms with van der Waals surface area (Å²) < 4.78 is 4.88. The van der Waals surface area contributed by atoms with Gasteiger partial charge in [0, 0.05) is 51.9 Å². The van der Waals surface area contributed by atoms with Crippen molar-refractivity contribution in [3.8, 4) is 0 Å². The van der Waals surface area contributed by atoms with Crippen molar-refractivity contribution in [2.75, 3.05) is 45.8 Å². The van der Waals surface area contributed by atoms with Gasteiger partial charge in [-0.3, -0.25) is 9.69 Å². The van der Waals surface area contributed by atoms with Gasteiger partial charge in [-0.1, -0.05) is 12.1 Å². The van der Waals surface area contributed by atoms with Gasteiger partial charge in [-0.15, -0.1) is 0 Å². The molecule has 2 rings (SSSR count). The van der Waals surface area contributed by atoms with E-state index in [2.05, 4.69) is 30.6 Å². The van der Waals surface area contributed by atoms with Crippen LogP contribution in [0.25, 0.3) is 0 Å². The number of hydrogen-bond donors (Lipinski definition) is 2. The van der Waals surface area contributed by atoms with Crippen molar-refractivity contribution in [1.82, 2.24) is 25.6 Å². The molecule has 1 aromatic rings. The van der Waals surface area contributed by atoms with Crippen LogP contribution in [-0.2, 0) is 11.3 Å². The molecule has 1 aliphatic rings. The summed E-state index contributed by atoms with van der Waals surface area (Å²) in [7, 11) is 0. The third-order valence-corrected chi connectivity index (χ3v) is 3.83. The lowest BCUT2D eigenvalue weighted by Gasteiger charge is -2.36. The second kappa shape index (κ2) is 9.92. The first-order valence-electron chi connectivity index (χ1n) is 8.64. The molecule has 8 heteroatoms. The normalized spacial score (nSPS) is 16.2. The van der Waals surface area contributed by atoms with Gasteiger partial charge in [0.25, 0.3) is 0 Å². The Labute approximate surface area is 143 Å². The number of hydrogen-bond acceptors (Lipinski definition) is 5. The van der Waals surface area contributed by atoms with Gasteiger partial charge in [-0.05, 0) is 13.3 Å². The maximum Gasteiger partial charge on any atom is 0.241 e. The first kappa shape index (κ1) is 18.3. The SMILES string of the molecule is CCCNC(=O)CN=C(NCC)N1CCN(Cc2ccon2)CC1. The monoisotopic (exact) mass is 336 g/mol. The van der Waals surface area contributed by atoms with Gasteiger partial charge in [0.1, 0.15) is 12.8 Å². The lowest BCUT2D eigenvalue weighted by Crippen LogP contribution is -2.52. The van der Waals surface area contributed by atoms with Crippen LogP contribution in [0.2, 0.25) is 0 Å². The summed E-state index contributed by atoms with van der Waals surface area (Å²) in [4.78, 5) is 20.7. The fraction of sp³-hybridized carbons (Fsp3) is 0.688. The highest BCUT2D eigenvalue weighted by atomic mass is 16.5. The Morgan fingerprint density at radius 2 is 2.08 bits per heavy atom. The second-order valence-electron chi connectivity index (χ2n) is 5.77. The van der Waals surface area contributed by atoms with E-state index >= 15 is 0 Å². The van der Waals surface area contributed by atoms with Crippen LogP contribution in [0.5, 0.6) is 0 Å². The fourth-order valence-electron chi connectivity index (χ4n) is 2.56. The van der Waals surface area contributed by atoms with E-state index in [0.717, 1.165) is 57.3 Å². The molecule has 134 valence electrons. The van der Waals surface area contributed by atoms with Crippen molar-refractivity contribution in [2.24, 2.45) is 4.99 Å². The number of rotatable bonds is 7. The largest absolute Gasteiger partial charge is 0.364 e. The average Bonchev–Trinajstić information content (AvgIpc) is 3.10. The minimum Gasteiger partial charge on any atom is -0.364 e. The number of amides is 1. The van der Waals surface area contributed by atoms with Gasteiger partial charge < -0.3 is 20.1 Å². The second-order valence-corrected chi connectivity index (χ2v) is 5.77. The molecule has 0 radical (unpaired) electrons. The van der Waals surface area contributed by atoms with Crippen LogP contribution in [0.3, 0.4) is 0 Å². The fourth-order valence-corrected chi connectivity index (χ4v) is 2.56. The quantitative estimate of drug-likeness (QED) is 0.550. The number of nitrogens with zero attached hydrogens (tertiary/aromatic N) is 4. The third kappa shape index (κ3) is 5.84. The topological polar surface area (TPSA) is 86.0 Å². The molecule has 1 fully saturated rings. The number of nitrogens with one attached hydrogen (secondary N) is 2. The zero-order valence-corrected chi connectivity index (χ0v) is 14.6. The first-order chi connectivity index (χ1) is 11.7. The first-order valence-corrected chi connectivity index (χ1v) is 8.64. The molecule has 0 bridgehead atoms. The van der Waals surface area contributed by atoms with Crippen molar-refractivity contribution in [1.29, 1.82) is 0 Å². The maximum atomic E-state index is 11.7.